The number of aromatic nitrogens is 4. The van der Waals surface area contributed by atoms with E-state index in [1.165, 1.54) is 29.1 Å². The molecule has 0 aliphatic carbocycles. The molecule has 11 heteroatoms. The number of pyridine rings is 1. The van der Waals surface area contributed by atoms with Crippen molar-refractivity contribution >= 4 is 23.3 Å². The lowest BCUT2D eigenvalue weighted by Gasteiger charge is -2.34. The van der Waals surface area contributed by atoms with Crippen molar-refractivity contribution in [3.63, 3.8) is 0 Å². The maximum Gasteiger partial charge on any atom is 0.290 e. The lowest BCUT2D eigenvalue weighted by Crippen LogP contribution is -2.52. The number of amides is 2. The van der Waals surface area contributed by atoms with Crippen LogP contribution in [-0.2, 0) is 9.59 Å². The zero-order valence-electron chi connectivity index (χ0n) is 18.5. The van der Waals surface area contributed by atoms with Gasteiger partial charge in [-0.05, 0) is 12.1 Å². The fourth-order valence-corrected chi connectivity index (χ4v) is 4.39. The summed E-state index contributed by atoms with van der Waals surface area (Å²) in [6, 6.07) is 9.02. The number of hydrogen-bond acceptors (Lipinski definition) is 8. The van der Waals surface area contributed by atoms with E-state index in [1.807, 2.05) is 18.2 Å². The third-order valence-corrected chi connectivity index (χ3v) is 6.16. The van der Waals surface area contributed by atoms with Crippen LogP contribution in [0.15, 0.2) is 48.9 Å². The van der Waals surface area contributed by atoms with Crippen LogP contribution in [0.4, 0.5) is 5.69 Å². The molecule has 1 fully saturated rings. The van der Waals surface area contributed by atoms with Crippen LogP contribution in [0.3, 0.4) is 0 Å². The molecule has 0 radical (unpaired) electrons. The Kier molecular flexibility index (Phi) is 5.66. The monoisotopic (exact) mass is 461 g/mol. The van der Waals surface area contributed by atoms with Crippen LogP contribution >= 0.6 is 0 Å². The number of nitrogens with zero attached hydrogens (tertiary/aromatic N) is 6. The van der Waals surface area contributed by atoms with E-state index >= 15 is 0 Å². The first kappa shape index (κ1) is 21.6. The Morgan fingerprint density at radius 3 is 2.47 bits per heavy atom. The standard InChI is InChI=1S/C23H23N7O4/c1-34-17-14-25-21(30-8-7-26-27-30)19-18(17)16(13-24-19)20(31)23(33)29-11-9-28(10-12-29)22(32)15-5-3-2-4-6-15/h2-8,14,16,24H,9-13H2,1H3. The number of nitrogens with one attached hydrogen (secondary N) is 1. The molecule has 0 spiro atoms. The van der Waals surface area contributed by atoms with Gasteiger partial charge in [0.05, 0.1) is 37.3 Å². The minimum atomic E-state index is -0.716. The molecule has 3 aromatic rings. The molecule has 4 heterocycles. The maximum atomic E-state index is 13.3. The molecule has 11 nitrogen and oxygen atoms in total. The smallest absolute Gasteiger partial charge is 0.290 e. The molecule has 174 valence electrons. The first-order chi connectivity index (χ1) is 16.6. The van der Waals surface area contributed by atoms with E-state index in [0.717, 1.165) is 0 Å². The Morgan fingerprint density at radius 1 is 1.06 bits per heavy atom. The van der Waals surface area contributed by atoms with Crippen molar-refractivity contribution in [3.05, 3.63) is 60.0 Å². The number of carbonyl (C=O) groups is 3. The minimum absolute atomic E-state index is 0.0779. The summed E-state index contributed by atoms with van der Waals surface area (Å²) < 4.78 is 6.94. The normalized spacial score (nSPS) is 17.1. The average Bonchev–Trinajstić information content (AvgIpc) is 3.58. The van der Waals surface area contributed by atoms with Crippen LogP contribution in [0.25, 0.3) is 5.82 Å². The molecule has 1 saturated heterocycles. The second-order valence-corrected chi connectivity index (χ2v) is 8.03. The van der Waals surface area contributed by atoms with Gasteiger partial charge in [0.15, 0.2) is 5.82 Å². The summed E-state index contributed by atoms with van der Waals surface area (Å²) in [5.74, 6) is -0.981. The number of fused-ring (bicyclic) bond motifs is 1. The second-order valence-electron chi connectivity index (χ2n) is 8.03. The van der Waals surface area contributed by atoms with Gasteiger partial charge in [-0.25, -0.2) is 9.67 Å². The molecular weight excluding hydrogens is 438 g/mol. The third kappa shape index (κ3) is 3.74. The van der Waals surface area contributed by atoms with Crippen LogP contribution in [0.2, 0.25) is 0 Å². The minimum Gasteiger partial charge on any atom is -0.495 e. The van der Waals surface area contributed by atoms with E-state index in [0.29, 0.717) is 54.6 Å². The van der Waals surface area contributed by atoms with Crippen molar-refractivity contribution in [2.45, 2.75) is 5.92 Å². The topological polar surface area (TPSA) is 123 Å². The maximum absolute atomic E-state index is 13.3. The van der Waals surface area contributed by atoms with Gasteiger partial charge >= 0.3 is 0 Å². The van der Waals surface area contributed by atoms with E-state index in [4.69, 9.17) is 4.74 Å². The highest BCUT2D eigenvalue weighted by molar-refractivity contribution is 6.38. The van der Waals surface area contributed by atoms with E-state index in [2.05, 4.69) is 20.6 Å². The quantitative estimate of drug-likeness (QED) is 0.552. The second kappa shape index (κ2) is 8.93. The molecule has 1 aromatic carbocycles. The number of ketones is 1. The Morgan fingerprint density at radius 2 is 1.79 bits per heavy atom. The van der Waals surface area contributed by atoms with Gasteiger partial charge in [0, 0.05) is 43.9 Å². The highest BCUT2D eigenvalue weighted by Crippen LogP contribution is 2.41. The number of ether oxygens (including phenoxy) is 1. The van der Waals surface area contributed by atoms with Gasteiger partial charge in [0.2, 0.25) is 5.78 Å². The number of anilines is 1. The lowest BCUT2D eigenvalue weighted by molar-refractivity contribution is -0.146. The average molecular weight is 461 g/mol. The molecular formula is C23H23N7O4. The molecule has 2 aromatic heterocycles. The van der Waals surface area contributed by atoms with Crippen molar-refractivity contribution in [1.29, 1.82) is 0 Å². The number of Topliss-reactive ketones (excluding diaryl/α,β-unsaturated/α-hetero) is 1. The molecule has 34 heavy (non-hydrogen) atoms. The summed E-state index contributed by atoms with van der Waals surface area (Å²) in [4.78, 5) is 46.7. The first-order valence-corrected chi connectivity index (χ1v) is 10.9. The Balaban J connectivity index is 1.31. The zero-order valence-corrected chi connectivity index (χ0v) is 18.5. The van der Waals surface area contributed by atoms with E-state index in [-0.39, 0.29) is 12.5 Å². The van der Waals surface area contributed by atoms with Gasteiger partial charge in [0.25, 0.3) is 11.8 Å². The summed E-state index contributed by atoms with van der Waals surface area (Å²) >= 11 is 0. The molecule has 1 atom stereocenters. The summed E-state index contributed by atoms with van der Waals surface area (Å²) in [6.07, 6.45) is 4.69. The fourth-order valence-electron chi connectivity index (χ4n) is 4.39. The van der Waals surface area contributed by atoms with Crippen LogP contribution in [0.5, 0.6) is 5.75 Å². The fraction of sp³-hybridized carbons (Fsp3) is 0.304. The van der Waals surface area contributed by atoms with Gasteiger partial charge in [-0.15, -0.1) is 5.10 Å². The van der Waals surface area contributed by atoms with Crippen molar-refractivity contribution in [1.82, 2.24) is 29.8 Å². The summed E-state index contributed by atoms with van der Waals surface area (Å²) in [5.41, 5.74) is 1.78. The van der Waals surface area contributed by atoms with Crippen molar-refractivity contribution < 1.29 is 19.1 Å². The summed E-state index contributed by atoms with van der Waals surface area (Å²) in [7, 11) is 1.50. The molecule has 2 amide bonds. The number of piperazine rings is 1. The predicted molar refractivity (Wildman–Crippen MR) is 121 cm³/mol. The van der Waals surface area contributed by atoms with E-state index < -0.39 is 17.6 Å². The van der Waals surface area contributed by atoms with Crippen LogP contribution in [-0.4, -0.2) is 87.2 Å². The predicted octanol–water partition coefficient (Wildman–Crippen LogP) is 0.734. The van der Waals surface area contributed by atoms with Crippen molar-refractivity contribution in [2.24, 2.45) is 0 Å². The molecule has 2 aliphatic heterocycles. The van der Waals surface area contributed by atoms with Gasteiger partial charge in [0.1, 0.15) is 5.75 Å². The number of rotatable bonds is 5. The van der Waals surface area contributed by atoms with E-state index in [9.17, 15) is 14.4 Å². The van der Waals surface area contributed by atoms with Crippen molar-refractivity contribution in [3.8, 4) is 11.6 Å². The van der Waals surface area contributed by atoms with Gasteiger partial charge < -0.3 is 19.9 Å². The largest absolute Gasteiger partial charge is 0.495 e. The molecule has 2 aliphatic rings. The third-order valence-electron chi connectivity index (χ3n) is 6.16. The van der Waals surface area contributed by atoms with Crippen LogP contribution in [0, 0.1) is 0 Å². The van der Waals surface area contributed by atoms with Crippen LogP contribution < -0.4 is 10.1 Å². The summed E-state index contributed by atoms with van der Waals surface area (Å²) in [6.45, 7) is 1.59. The number of methoxy groups -OCH3 is 1. The first-order valence-electron chi connectivity index (χ1n) is 10.9. The van der Waals surface area contributed by atoms with Gasteiger partial charge in [-0.1, -0.05) is 23.4 Å². The highest BCUT2D eigenvalue weighted by Gasteiger charge is 2.40. The van der Waals surface area contributed by atoms with Gasteiger partial charge in [-0.2, -0.15) is 0 Å². The highest BCUT2D eigenvalue weighted by atomic mass is 16.5. The van der Waals surface area contributed by atoms with Crippen molar-refractivity contribution in [2.75, 3.05) is 45.2 Å². The van der Waals surface area contributed by atoms with E-state index in [1.54, 1.807) is 23.2 Å². The molecule has 0 saturated carbocycles. The zero-order chi connectivity index (χ0) is 23.7. The molecule has 1 N–H and O–H groups in total. The Labute approximate surface area is 195 Å². The Hall–Kier alpha value is -4.28. The number of hydrogen-bond donors (Lipinski definition) is 1. The molecule has 1 unspecified atom stereocenters. The molecule has 5 rings (SSSR count). The number of carbonyl (C=O) groups excluding carboxylic acids is 3. The van der Waals surface area contributed by atoms with Crippen LogP contribution in [0.1, 0.15) is 21.8 Å². The Bertz CT molecular complexity index is 1220. The van der Waals surface area contributed by atoms with Gasteiger partial charge in [-0.3, -0.25) is 14.4 Å². The summed E-state index contributed by atoms with van der Waals surface area (Å²) in [5, 5.41) is 11.0. The number of benzene rings is 1. The lowest BCUT2D eigenvalue weighted by atomic mass is 9.95. The molecule has 0 bridgehead atoms. The SMILES string of the molecule is COc1cnc(-n2ccnn2)c2c1C(C(=O)C(=O)N1CCN(C(=O)c3ccccc3)CC1)CN2.